The van der Waals surface area contributed by atoms with Crippen LogP contribution in [-0.4, -0.2) is 50.8 Å². The molecule has 1 amide bonds. The quantitative estimate of drug-likeness (QED) is 0.732. The van der Waals surface area contributed by atoms with E-state index in [0.29, 0.717) is 25.1 Å². The van der Waals surface area contributed by atoms with Gasteiger partial charge < -0.3 is 10.2 Å². The summed E-state index contributed by atoms with van der Waals surface area (Å²) in [5.74, 6) is 0.213. The van der Waals surface area contributed by atoms with E-state index in [-0.39, 0.29) is 17.3 Å². The van der Waals surface area contributed by atoms with Crippen LogP contribution in [0.5, 0.6) is 0 Å². The minimum absolute atomic E-state index is 0.174. The molecule has 1 aromatic heterocycles. The van der Waals surface area contributed by atoms with Gasteiger partial charge in [0.05, 0.1) is 22.7 Å². The number of anilines is 2. The van der Waals surface area contributed by atoms with Crippen molar-refractivity contribution >= 4 is 43.4 Å². The summed E-state index contributed by atoms with van der Waals surface area (Å²) < 4.78 is 28.0. The van der Waals surface area contributed by atoms with E-state index in [1.165, 1.54) is 4.31 Å². The minimum atomic E-state index is -3.62. The van der Waals surface area contributed by atoms with Crippen LogP contribution in [0.25, 0.3) is 0 Å². The Morgan fingerprint density at radius 2 is 1.93 bits per heavy atom. The van der Waals surface area contributed by atoms with E-state index < -0.39 is 15.9 Å². The number of carbonyl (C=O) groups excluding carboxylic acids is 1. The highest BCUT2D eigenvalue weighted by Crippen LogP contribution is 2.25. The van der Waals surface area contributed by atoms with E-state index in [4.69, 9.17) is 0 Å². The average Bonchev–Trinajstić information content (AvgIpc) is 2.69. The van der Waals surface area contributed by atoms with Crippen molar-refractivity contribution in [1.29, 1.82) is 0 Å². The number of piperidine rings is 1. The summed E-state index contributed by atoms with van der Waals surface area (Å²) in [5.41, 5.74) is 0.600. The number of benzene rings is 1. The van der Waals surface area contributed by atoms with Gasteiger partial charge in [-0.1, -0.05) is 15.9 Å². The number of sulfonamides is 1. The molecular formula is C19H23BrN4O3S. The molecule has 0 spiro atoms. The van der Waals surface area contributed by atoms with Crippen molar-refractivity contribution in [2.75, 3.05) is 37.4 Å². The Morgan fingerprint density at radius 1 is 1.21 bits per heavy atom. The van der Waals surface area contributed by atoms with Gasteiger partial charge in [-0.2, -0.15) is 4.31 Å². The molecule has 1 atom stereocenters. The van der Waals surface area contributed by atoms with Crippen molar-refractivity contribution in [3.8, 4) is 0 Å². The van der Waals surface area contributed by atoms with Gasteiger partial charge in [0.25, 0.3) is 0 Å². The number of aromatic nitrogens is 1. The van der Waals surface area contributed by atoms with Gasteiger partial charge in [0.1, 0.15) is 5.82 Å². The summed E-state index contributed by atoms with van der Waals surface area (Å²) in [6.45, 7) is 0.592. The molecule has 1 unspecified atom stereocenters. The minimum Gasteiger partial charge on any atom is -0.363 e. The fourth-order valence-corrected chi connectivity index (χ4v) is 4.89. The van der Waals surface area contributed by atoms with E-state index in [2.05, 4.69) is 26.2 Å². The van der Waals surface area contributed by atoms with Crippen molar-refractivity contribution < 1.29 is 13.2 Å². The third kappa shape index (κ3) is 4.71. The first-order chi connectivity index (χ1) is 13.3. The highest BCUT2D eigenvalue weighted by molar-refractivity contribution is 9.10. The van der Waals surface area contributed by atoms with Gasteiger partial charge in [-0.3, -0.25) is 4.79 Å². The molecule has 1 aliphatic heterocycles. The van der Waals surface area contributed by atoms with Crippen molar-refractivity contribution in [3.05, 3.63) is 47.1 Å². The van der Waals surface area contributed by atoms with Gasteiger partial charge in [-0.15, -0.1) is 0 Å². The number of nitrogens with one attached hydrogen (secondary N) is 1. The Hall–Kier alpha value is -1.97. The van der Waals surface area contributed by atoms with E-state index in [9.17, 15) is 13.2 Å². The van der Waals surface area contributed by atoms with E-state index in [0.717, 1.165) is 10.3 Å². The monoisotopic (exact) mass is 466 g/mol. The molecule has 0 aliphatic carbocycles. The number of rotatable bonds is 5. The molecule has 2 heterocycles. The van der Waals surface area contributed by atoms with Crippen LogP contribution in [0.1, 0.15) is 12.8 Å². The third-order valence-electron chi connectivity index (χ3n) is 4.68. The summed E-state index contributed by atoms with van der Waals surface area (Å²) >= 11 is 3.31. The standard InChI is InChI=1S/C19H23BrN4O3S/c1-23(2)18-10-7-16(12-21-18)22-19(25)14-4-3-11-24(13-14)28(26,27)17-8-5-15(20)6-9-17/h5-10,12,14H,3-4,11,13H2,1-2H3,(H,22,25). The molecule has 1 N–H and O–H groups in total. The van der Waals surface area contributed by atoms with Crippen LogP contribution in [-0.2, 0) is 14.8 Å². The van der Waals surface area contributed by atoms with Crippen LogP contribution in [0.4, 0.5) is 11.5 Å². The number of hydrogen-bond acceptors (Lipinski definition) is 5. The van der Waals surface area contributed by atoms with E-state index >= 15 is 0 Å². The van der Waals surface area contributed by atoms with Crippen molar-refractivity contribution in [2.45, 2.75) is 17.7 Å². The number of carbonyl (C=O) groups is 1. The first-order valence-electron chi connectivity index (χ1n) is 8.97. The summed E-state index contributed by atoms with van der Waals surface area (Å²) in [6, 6.07) is 10.2. The zero-order valence-electron chi connectivity index (χ0n) is 15.8. The van der Waals surface area contributed by atoms with Gasteiger partial charge in [0.15, 0.2) is 0 Å². The number of halogens is 1. The first-order valence-corrected chi connectivity index (χ1v) is 11.2. The molecule has 9 heteroatoms. The largest absolute Gasteiger partial charge is 0.363 e. The second-order valence-electron chi connectivity index (χ2n) is 6.94. The second-order valence-corrected chi connectivity index (χ2v) is 9.80. The third-order valence-corrected chi connectivity index (χ3v) is 7.09. The van der Waals surface area contributed by atoms with Gasteiger partial charge in [0.2, 0.25) is 15.9 Å². The molecule has 0 bridgehead atoms. The van der Waals surface area contributed by atoms with Crippen LogP contribution >= 0.6 is 15.9 Å². The highest BCUT2D eigenvalue weighted by atomic mass is 79.9. The Bertz CT molecular complexity index is 931. The lowest BCUT2D eigenvalue weighted by molar-refractivity contribution is -0.120. The molecule has 3 rings (SSSR count). The summed E-state index contributed by atoms with van der Waals surface area (Å²) in [5, 5.41) is 2.85. The number of amides is 1. The molecule has 150 valence electrons. The predicted octanol–water partition coefficient (Wildman–Crippen LogP) is 2.95. The van der Waals surface area contributed by atoms with Crippen molar-refractivity contribution in [1.82, 2.24) is 9.29 Å². The smallest absolute Gasteiger partial charge is 0.243 e. The maximum Gasteiger partial charge on any atom is 0.243 e. The van der Waals surface area contributed by atoms with Gasteiger partial charge in [-0.25, -0.2) is 13.4 Å². The Labute approximate surface area is 173 Å². The van der Waals surface area contributed by atoms with Gasteiger partial charge in [-0.05, 0) is 49.2 Å². The number of hydrogen-bond donors (Lipinski definition) is 1. The van der Waals surface area contributed by atoms with Crippen LogP contribution in [0.3, 0.4) is 0 Å². The maximum atomic E-state index is 12.9. The zero-order chi connectivity index (χ0) is 20.3. The molecule has 1 aliphatic rings. The predicted molar refractivity (Wildman–Crippen MR) is 113 cm³/mol. The zero-order valence-corrected chi connectivity index (χ0v) is 18.2. The molecule has 1 fully saturated rings. The first kappa shape index (κ1) is 20.8. The normalized spacial score (nSPS) is 17.9. The van der Waals surface area contributed by atoms with Crippen LogP contribution in [0, 0.1) is 5.92 Å². The van der Waals surface area contributed by atoms with E-state index in [1.807, 2.05) is 25.1 Å². The van der Waals surface area contributed by atoms with E-state index in [1.54, 1.807) is 36.5 Å². The molecule has 1 aromatic carbocycles. The Kier molecular flexibility index (Phi) is 6.36. The molecule has 0 radical (unpaired) electrons. The Balaban J connectivity index is 1.68. The fourth-order valence-electron chi connectivity index (χ4n) is 3.10. The summed E-state index contributed by atoms with van der Waals surface area (Å²) in [7, 11) is 0.165. The van der Waals surface area contributed by atoms with Gasteiger partial charge >= 0.3 is 0 Å². The van der Waals surface area contributed by atoms with Gasteiger partial charge in [0, 0.05) is 31.7 Å². The topological polar surface area (TPSA) is 82.6 Å². The highest BCUT2D eigenvalue weighted by Gasteiger charge is 2.33. The SMILES string of the molecule is CN(C)c1ccc(NC(=O)C2CCCN(S(=O)(=O)c3ccc(Br)cc3)C2)cn1. The number of pyridine rings is 1. The lowest BCUT2D eigenvalue weighted by Gasteiger charge is -2.31. The average molecular weight is 467 g/mol. The Morgan fingerprint density at radius 3 is 2.54 bits per heavy atom. The molecule has 28 heavy (non-hydrogen) atoms. The second kappa shape index (κ2) is 8.59. The molecule has 1 saturated heterocycles. The lowest BCUT2D eigenvalue weighted by atomic mass is 9.99. The van der Waals surface area contributed by atoms with Crippen LogP contribution in [0.2, 0.25) is 0 Å². The molecule has 7 nitrogen and oxygen atoms in total. The molecule has 2 aromatic rings. The summed E-state index contributed by atoms with van der Waals surface area (Å²) in [6.07, 6.45) is 2.90. The van der Waals surface area contributed by atoms with Crippen molar-refractivity contribution in [3.63, 3.8) is 0 Å². The fraction of sp³-hybridized carbons (Fsp3) is 0.368. The van der Waals surface area contributed by atoms with Crippen LogP contribution in [0.15, 0.2) is 52.0 Å². The van der Waals surface area contributed by atoms with Crippen molar-refractivity contribution in [2.24, 2.45) is 5.92 Å². The lowest BCUT2D eigenvalue weighted by Crippen LogP contribution is -2.43. The van der Waals surface area contributed by atoms with Crippen LogP contribution < -0.4 is 10.2 Å². The molecule has 0 saturated carbocycles. The molecular weight excluding hydrogens is 444 g/mol. The maximum absolute atomic E-state index is 12.9. The summed E-state index contributed by atoms with van der Waals surface area (Å²) in [4.78, 5) is 19.1. The number of nitrogens with zero attached hydrogens (tertiary/aromatic N) is 3.